The van der Waals surface area contributed by atoms with E-state index >= 15 is 0 Å². The van der Waals surface area contributed by atoms with E-state index in [9.17, 15) is 31.1 Å². The highest BCUT2D eigenvalue weighted by atomic mass is 32.2. The van der Waals surface area contributed by atoms with Gasteiger partial charge in [-0.15, -0.1) is 13.2 Å². The average Bonchev–Trinajstić information content (AvgIpc) is 3.38. The summed E-state index contributed by atoms with van der Waals surface area (Å²) in [5.41, 5.74) is -2.74. The van der Waals surface area contributed by atoms with E-state index in [4.69, 9.17) is 9.47 Å². The van der Waals surface area contributed by atoms with Crippen LogP contribution in [0, 0.1) is 0 Å². The Bertz CT molecular complexity index is 1470. The van der Waals surface area contributed by atoms with Crippen molar-refractivity contribution >= 4 is 28.9 Å². The van der Waals surface area contributed by atoms with E-state index in [2.05, 4.69) is 32.9 Å². The zero-order valence-corrected chi connectivity index (χ0v) is 26.0. The molecule has 46 heavy (non-hydrogen) atoms. The lowest BCUT2D eigenvalue weighted by Gasteiger charge is -2.36. The van der Waals surface area contributed by atoms with Crippen molar-refractivity contribution in [2.24, 2.45) is 4.99 Å². The summed E-state index contributed by atoms with van der Waals surface area (Å²) in [5.74, 6) is -0.134. The third-order valence-electron chi connectivity index (χ3n) is 7.37. The summed E-state index contributed by atoms with van der Waals surface area (Å²) in [4.78, 5) is 24.1. The van der Waals surface area contributed by atoms with Gasteiger partial charge in [0.2, 0.25) is 0 Å². The first kappa shape index (κ1) is 35.1. The quantitative estimate of drug-likeness (QED) is 0.144. The second kappa shape index (κ2) is 15.2. The lowest BCUT2D eigenvalue weighted by atomic mass is 10.0. The SMILES string of the molecule is C=CCN(CC=C)CCN1CCN(C2=NC(=O)/C(=C/c3ccc(OCc4ccc(C(F)(F)F)cc4C(F)(F)F)c(OC)c3)S2)CC1. The second-order valence-corrected chi connectivity index (χ2v) is 11.6. The van der Waals surface area contributed by atoms with Crippen LogP contribution in [0.5, 0.6) is 11.5 Å². The Morgan fingerprint density at radius 2 is 1.65 bits per heavy atom. The Labute approximate surface area is 267 Å². The van der Waals surface area contributed by atoms with E-state index in [0.717, 1.165) is 58.4 Å². The number of piperazine rings is 1. The molecule has 0 saturated carbocycles. The number of hydrogen-bond donors (Lipinski definition) is 0. The molecule has 0 atom stereocenters. The molecule has 0 bridgehead atoms. The molecule has 1 amide bonds. The first-order valence-corrected chi connectivity index (χ1v) is 15.2. The number of thioether (sulfide) groups is 1. The van der Waals surface area contributed by atoms with Crippen LogP contribution in [0.15, 0.2) is 71.6 Å². The third kappa shape index (κ3) is 9.17. The molecule has 4 rings (SSSR count). The van der Waals surface area contributed by atoms with Crippen molar-refractivity contribution in [3.63, 3.8) is 0 Å². The van der Waals surface area contributed by atoms with Crippen LogP contribution in [0.25, 0.3) is 6.08 Å². The van der Waals surface area contributed by atoms with Gasteiger partial charge in [0.1, 0.15) is 6.61 Å². The van der Waals surface area contributed by atoms with Gasteiger partial charge in [0.25, 0.3) is 5.91 Å². The van der Waals surface area contributed by atoms with Crippen molar-refractivity contribution in [3.8, 4) is 11.5 Å². The molecule has 2 aliphatic rings. The number of alkyl halides is 6. The lowest BCUT2D eigenvalue weighted by Crippen LogP contribution is -2.49. The van der Waals surface area contributed by atoms with Gasteiger partial charge >= 0.3 is 12.4 Å². The molecule has 1 saturated heterocycles. The number of rotatable bonds is 12. The number of nitrogens with zero attached hydrogens (tertiary/aromatic N) is 4. The van der Waals surface area contributed by atoms with Gasteiger partial charge in [-0.1, -0.05) is 24.3 Å². The van der Waals surface area contributed by atoms with Gasteiger partial charge < -0.3 is 14.4 Å². The van der Waals surface area contributed by atoms with Gasteiger partial charge in [-0.05, 0) is 47.7 Å². The Balaban J connectivity index is 1.37. The van der Waals surface area contributed by atoms with Crippen LogP contribution >= 0.6 is 11.8 Å². The van der Waals surface area contributed by atoms with Gasteiger partial charge in [0.05, 0.1) is 23.1 Å². The highest BCUT2D eigenvalue weighted by molar-refractivity contribution is 8.18. The third-order valence-corrected chi connectivity index (χ3v) is 8.41. The van der Waals surface area contributed by atoms with E-state index in [-0.39, 0.29) is 23.5 Å². The van der Waals surface area contributed by atoms with Gasteiger partial charge in [0.15, 0.2) is 16.7 Å². The van der Waals surface area contributed by atoms with Crippen LogP contribution in [-0.2, 0) is 23.8 Å². The molecule has 2 aromatic rings. The minimum Gasteiger partial charge on any atom is -0.493 e. The largest absolute Gasteiger partial charge is 0.493 e. The minimum absolute atomic E-state index is 0.0708. The molecule has 0 aliphatic carbocycles. The number of amidine groups is 1. The highest BCUT2D eigenvalue weighted by Crippen LogP contribution is 2.39. The van der Waals surface area contributed by atoms with Crippen LogP contribution in [0.4, 0.5) is 26.3 Å². The zero-order chi connectivity index (χ0) is 33.5. The standard InChI is InChI=1S/C32H34F6N4O3S/c1-4-10-40(11-5-2)12-13-41-14-16-42(17-15-41)30-39-29(43)28(46-30)19-22-6-9-26(27(18-22)44-3)45-21-23-7-8-24(31(33,34)35)20-25(23)32(36,37)38/h4-9,18-20H,1-2,10-17,21H2,3H3/b28-19-. The van der Waals surface area contributed by atoms with E-state index in [1.807, 2.05) is 12.2 Å². The first-order chi connectivity index (χ1) is 21.8. The maximum atomic E-state index is 13.5. The van der Waals surface area contributed by atoms with E-state index < -0.39 is 35.6 Å². The fraction of sp³-hybridized carbons (Fsp3) is 0.375. The first-order valence-electron chi connectivity index (χ1n) is 14.3. The normalized spacial score (nSPS) is 17.0. The molecule has 2 aromatic carbocycles. The van der Waals surface area contributed by atoms with Gasteiger partial charge in [-0.2, -0.15) is 31.3 Å². The fourth-order valence-corrected chi connectivity index (χ4v) is 5.91. The van der Waals surface area contributed by atoms with E-state index in [0.29, 0.717) is 21.7 Å². The number of aliphatic imine (C=N–C) groups is 1. The van der Waals surface area contributed by atoms with Crippen LogP contribution in [-0.4, -0.2) is 85.2 Å². The number of amides is 1. The summed E-state index contributed by atoms with van der Waals surface area (Å²) in [5, 5.41) is 0.625. The zero-order valence-electron chi connectivity index (χ0n) is 25.2. The number of hydrogen-bond acceptors (Lipinski definition) is 7. The number of ether oxygens (including phenoxy) is 2. The molecular formula is C32H34F6N4O3S. The highest BCUT2D eigenvalue weighted by Gasteiger charge is 2.38. The monoisotopic (exact) mass is 668 g/mol. The Kier molecular flexibility index (Phi) is 11.6. The molecular weight excluding hydrogens is 634 g/mol. The van der Waals surface area contributed by atoms with Crippen molar-refractivity contribution < 1.29 is 40.6 Å². The smallest absolute Gasteiger partial charge is 0.416 e. The predicted octanol–water partition coefficient (Wildman–Crippen LogP) is 6.57. The summed E-state index contributed by atoms with van der Waals surface area (Å²) in [7, 11) is 1.34. The average molecular weight is 669 g/mol. The fourth-order valence-electron chi connectivity index (χ4n) is 4.94. The summed E-state index contributed by atoms with van der Waals surface area (Å²) in [6, 6.07) is 6.00. The van der Waals surface area contributed by atoms with Crippen molar-refractivity contribution in [3.05, 3.63) is 88.9 Å². The predicted molar refractivity (Wildman–Crippen MR) is 167 cm³/mol. The molecule has 14 heteroatoms. The maximum Gasteiger partial charge on any atom is 0.416 e. The van der Waals surface area contributed by atoms with E-state index in [1.165, 1.54) is 24.9 Å². The topological polar surface area (TPSA) is 57.6 Å². The van der Waals surface area contributed by atoms with Crippen molar-refractivity contribution in [1.29, 1.82) is 0 Å². The van der Waals surface area contributed by atoms with Gasteiger partial charge in [-0.3, -0.25) is 14.6 Å². The summed E-state index contributed by atoms with van der Waals surface area (Å²) >= 11 is 1.26. The number of methoxy groups -OCH3 is 1. The molecule has 0 N–H and O–H groups in total. The number of halogens is 6. The van der Waals surface area contributed by atoms with Crippen LogP contribution in [0.2, 0.25) is 0 Å². The van der Waals surface area contributed by atoms with Crippen molar-refractivity contribution in [2.75, 3.05) is 59.5 Å². The number of carbonyl (C=O) groups is 1. The maximum absolute atomic E-state index is 13.5. The molecule has 0 aromatic heterocycles. The van der Waals surface area contributed by atoms with Gasteiger partial charge in [-0.25, -0.2) is 0 Å². The second-order valence-electron chi connectivity index (χ2n) is 10.5. The van der Waals surface area contributed by atoms with Crippen molar-refractivity contribution in [1.82, 2.24) is 14.7 Å². The molecule has 0 spiro atoms. The lowest BCUT2D eigenvalue weighted by molar-refractivity contribution is -0.143. The number of benzene rings is 2. The summed E-state index contributed by atoms with van der Waals surface area (Å²) in [6.07, 6.45) is -4.55. The molecule has 1 fully saturated rings. The summed E-state index contributed by atoms with van der Waals surface area (Å²) < 4.78 is 90.5. The van der Waals surface area contributed by atoms with Crippen LogP contribution in [0.3, 0.4) is 0 Å². The summed E-state index contributed by atoms with van der Waals surface area (Å²) in [6.45, 7) is 13.5. The van der Waals surface area contributed by atoms with Crippen LogP contribution < -0.4 is 9.47 Å². The minimum atomic E-state index is -5.02. The Morgan fingerprint density at radius 1 is 0.957 bits per heavy atom. The Hall–Kier alpha value is -3.75. The van der Waals surface area contributed by atoms with Crippen molar-refractivity contribution in [2.45, 2.75) is 19.0 Å². The van der Waals surface area contributed by atoms with Gasteiger partial charge in [0, 0.05) is 57.9 Å². The van der Waals surface area contributed by atoms with E-state index in [1.54, 1.807) is 18.2 Å². The molecule has 2 heterocycles. The molecule has 2 aliphatic heterocycles. The molecule has 248 valence electrons. The van der Waals surface area contributed by atoms with Crippen LogP contribution in [0.1, 0.15) is 22.3 Å². The molecule has 0 unspecified atom stereocenters. The molecule has 0 radical (unpaired) electrons. The number of carbonyl (C=O) groups excluding carboxylic acids is 1. The molecule has 7 nitrogen and oxygen atoms in total. The Morgan fingerprint density at radius 3 is 2.26 bits per heavy atom.